The molecule has 1 aliphatic carbocycles. The molecule has 0 aliphatic heterocycles. The molecule has 108 valence electrons. The molecule has 0 spiro atoms. The third kappa shape index (κ3) is 4.48. The van der Waals surface area contributed by atoms with Gasteiger partial charge in [-0.15, -0.1) is 23.7 Å². The number of thiophene rings is 1. The first-order valence-electron chi connectivity index (χ1n) is 6.83. The topological polar surface area (TPSA) is 55.1 Å². The van der Waals surface area contributed by atoms with Gasteiger partial charge >= 0.3 is 0 Å². The molecule has 1 atom stereocenters. The Balaban J connectivity index is 0.00000180. The van der Waals surface area contributed by atoms with Crippen LogP contribution in [-0.4, -0.2) is 18.5 Å². The second-order valence-electron chi connectivity index (χ2n) is 5.08. The van der Waals surface area contributed by atoms with Crippen molar-refractivity contribution in [1.82, 2.24) is 5.32 Å². The van der Waals surface area contributed by atoms with Crippen molar-refractivity contribution in [2.24, 2.45) is 5.73 Å². The molecule has 1 aliphatic rings. The van der Waals surface area contributed by atoms with Crippen molar-refractivity contribution in [3.05, 3.63) is 21.4 Å². The van der Waals surface area contributed by atoms with Gasteiger partial charge in [-0.2, -0.15) is 0 Å². The van der Waals surface area contributed by atoms with Crippen LogP contribution in [0.15, 0.2) is 6.07 Å². The molecule has 0 fully saturated rings. The number of nitrogens with two attached hydrogens (primary N) is 1. The first-order chi connectivity index (χ1) is 8.70. The van der Waals surface area contributed by atoms with Crippen LogP contribution in [0.2, 0.25) is 0 Å². The number of halogens is 1. The molecule has 19 heavy (non-hydrogen) atoms. The molecule has 1 amide bonds. The van der Waals surface area contributed by atoms with Gasteiger partial charge in [-0.05, 0) is 44.2 Å². The predicted octanol–water partition coefficient (Wildman–Crippen LogP) is 2.91. The van der Waals surface area contributed by atoms with Crippen molar-refractivity contribution in [1.29, 1.82) is 0 Å². The molecule has 1 aromatic heterocycles. The number of carbonyl (C=O) groups excluding carboxylic acids is 1. The highest BCUT2D eigenvalue weighted by Crippen LogP contribution is 2.28. The van der Waals surface area contributed by atoms with Crippen LogP contribution in [0, 0.1) is 0 Å². The van der Waals surface area contributed by atoms with Crippen LogP contribution >= 0.6 is 23.7 Å². The minimum atomic E-state index is 0. The molecule has 0 saturated carbocycles. The zero-order valence-corrected chi connectivity index (χ0v) is 13.0. The first-order valence-corrected chi connectivity index (χ1v) is 7.65. The zero-order valence-electron chi connectivity index (χ0n) is 11.4. The van der Waals surface area contributed by atoms with E-state index in [1.54, 1.807) is 11.3 Å². The Labute approximate surface area is 125 Å². The van der Waals surface area contributed by atoms with Crippen LogP contribution in [0.3, 0.4) is 0 Å². The standard InChI is InChI=1S/C14H22N2OS.ClH/c1-10(9-15)16-14(17)13-8-11-6-4-2-3-5-7-12(11)18-13;/h8,10H,2-7,9,15H2,1H3,(H,16,17);1H/t10-;/m0./s1. The van der Waals surface area contributed by atoms with Crippen molar-refractivity contribution in [3.8, 4) is 0 Å². The Kier molecular flexibility index (Phi) is 6.83. The van der Waals surface area contributed by atoms with Gasteiger partial charge in [0.1, 0.15) is 0 Å². The fourth-order valence-corrected chi connectivity index (χ4v) is 3.47. The van der Waals surface area contributed by atoms with Gasteiger partial charge in [0.05, 0.1) is 4.88 Å². The number of fused-ring (bicyclic) bond motifs is 1. The molecular weight excluding hydrogens is 280 g/mol. The lowest BCUT2D eigenvalue weighted by Crippen LogP contribution is -2.37. The van der Waals surface area contributed by atoms with Gasteiger partial charge in [0.15, 0.2) is 0 Å². The molecule has 1 heterocycles. The highest BCUT2D eigenvalue weighted by Gasteiger charge is 2.16. The molecule has 2 rings (SSSR count). The lowest BCUT2D eigenvalue weighted by atomic mass is 10.00. The minimum Gasteiger partial charge on any atom is -0.348 e. The molecule has 5 heteroatoms. The van der Waals surface area contributed by atoms with Gasteiger partial charge in [0, 0.05) is 17.5 Å². The Bertz CT molecular complexity index is 394. The largest absolute Gasteiger partial charge is 0.348 e. The minimum absolute atomic E-state index is 0. The predicted molar refractivity (Wildman–Crippen MR) is 83.4 cm³/mol. The van der Waals surface area contributed by atoms with Crippen LogP contribution in [0.5, 0.6) is 0 Å². The van der Waals surface area contributed by atoms with Crippen LogP contribution < -0.4 is 11.1 Å². The molecule has 0 unspecified atom stereocenters. The second-order valence-corrected chi connectivity index (χ2v) is 6.22. The van der Waals surface area contributed by atoms with Crippen molar-refractivity contribution in [2.75, 3.05) is 6.54 Å². The summed E-state index contributed by atoms with van der Waals surface area (Å²) in [4.78, 5) is 14.3. The number of hydrogen-bond acceptors (Lipinski definition) is 3. The average molecular weight is 303 g/mol. The van der Waals surface area contributed by atoms with E-state index in [0.29, 0.717) is 6.54 Å². The van der Waals surface area contributed by atoms with E-state index in [1.165, 1.54) is 36.1 Å². The summed E-state index contributed by atoms with van der Waals surface area (Å²) in [7, 11) is 0. The Morgan fingerprint density at radius 3 is 2.74 bits per heavy atom. The summed E-state index contributed by atoms with van der Waals surface area (Å²) in [6.07, 6.45) is 7.42. The van der Waals surface area contributed by atoms with Crippen LogP contribution in [0.1, 0.15) is 52.7 Å². The van der Waals surface area contributed by atoms with E-state index in [4.69, 9.17) is 5.73 Å². The van der Waals surface area contributed by atoms with E-state index in [1.807, 2.05) is 6.92 Å². The Hall–Kier alpha value is -0.580. The van der Waals surface area contributed by atoms with E-state index < -0.39 is 0 Å². The summed E-state index contributed by atoms with van der Waals surface area (Å²) < 4.78 is 0. The van der Waals surface area contributed by atoms with E-state index in [0.717, 1.165) is 17.7 Å². The molecule has 3 nitrogen and oxygen atoms in total. The fraction of sp³-hybridized carbons (Fsp3) is 0.643. The van der Waals surface area contributed by atoms with E-state index in [2.05, 4.69) is 11.4 Å². The van der Waals surface area contributed by atoms with Gasteiger partial charge in [0.25, 0.3) is 5.91 Å². The summed E-state index contributed by atoms with van der Waals surface area (Å²) in [5, 5.41) is 2.93. The molecule has 0 aromatic carbocycles. The highest BCUT2D eigenvalue weighted by molar-refractivity contribution is 7.14. The maximum absolute atomic E-state index is 12.0. The third-order valence-electron chi connectivity index (χ3n) is 3.45. The first kappa shape index (κ1) is 16.5. The molecule has 3 N–H and O–H groups in total. The SMILES string of the molecule is C[C@@H](CN)NC(=O)c1cc2c(s1)CCCCCC2.Cl. The van der Waals surface area contributed by atoms with Gasteiger partial charge in [0.2, 0.25) is 0 Å². The van der Waals surface area contributed by atoms with Gasteiger partial charge in [-0.3, -0.25) is 4.79 Å². The van der Waals surface area contributed by atoms with Crippen LogP contribution in [-0.2, 0) is 12.8 Å². The zero-order chi connectivity index (χ0) is 13.0. The lowest BCUT2D eigenvalue weighted by molar-refractivity contribution is 0.0945. The molecule has 1 aromatic rings. The van der Waals surface area contributed by atoms with Crippen molar-refractivity contribution < 1.29 is 4.79 Å². The molecule has 0 radical (unpaired) electrons. The number of hydrogen-bond donors (Lipinski definition) is 2. The maximum atomic E-state index is 12.0. The number of amides is 1. The van der Waals surface area contributed by atoms with Crippen molar-refractivity contribution >= 4 is 29.7 Å². The Morgan fingerprint density at radius 1 is 1.37 bits per heavy atom. The lowest BCUT2D eigenvalue weighted by Gasteiger charge is -2.09. The highest BCUT2D eigenvalue weighted by atomic mass is 35.5. The van der Waals surface area contributed by atoms with E-state index >= 15 is 0 Å². The summed E-state index contributed by atoms with van der Waals surface area (Å²) in [6, 6.07) is 2.13. The number of carbonyl (C=O) groups is 1. The summed E-state index contributed by atoms with van der Waals surface area (Å²) in [5.74, 6) is 0.0321. The maximum Gasteiger partial charge on any atom is 0.261 e. The average Bonchev–Trinajstić information content (AvgIpc) is 2.71. The van der Waals surface area contributed by atoms with E-state index in [-0.39, 0.29) is 24.4 Å². The number of aryl methyl sites for hydroxylation is 2. The molecule has 0 saturated heterocycles. The monoisotopic (exact) mass is 302 g/mol. The Morgan fingerprint density at radius 2 is 2.05 bits per heavy atom. The van der Waals surface area contributed by atoms with Crippen LogP contribution in [0.25, 0.3) is 0 Å². The fourth-order valence-electron chi connectivity index (χ4n) is 2.31. The van der Waals surface area contributed by atoms with E-state index in [9.17, 15) is 4.79 Å². The van der Waals surface area contributed by atoms with Gasteiger partial charge < -0.3 is 11.1 Å². The van der Waals surface area contributed by atoms with Crippen molar-refractivity contribution in [2.45, 2.75) is 51.5 Å². The normalized spacial score (nSPS) is 16.5. The van der Waals surface area contributed by atoms with Crippen LogP contribution in [0.4, 0.5) is 0 Å². The number of rotatable bonds is 3. The summed E-state index contributed by atoms with van der Waals surface area (Å²) in [5.41, 5.74) is 6.92. The quantitative estimate of drug-likeness (QED) is 0.902. The molecule has 0 bridgehead atoms. The molecular formula is C14H23ClN2OS. The summed E-state index contributed by atoms with van der Waals surface area (Å²) in [6.45, 7) is 2.42. The third-order valence-corrected chi connectivity index (χ3v) is 4.69. The number of nitrogens with one attached hydrogen (secondary N) is 1. The summed E-state index contributed by atoms with van der Waals surface area (Å²) >= 11 is 1.67. The van der Waals surface area contributed by atoms with Gasteiger partial charge in [-0.25, -0.2) is 0 Å². The van der Waals surface area contributed by atoms with Crippen molar-refractivity contribution in [3.63, 3.8) is 0 Å². The van der Waals surface area contributed by atoms with Gasteiger partial charge in [-0.1, -0.05) is 12.8 Å². The smallest absolute Gasteiger partial charge is 0.261 e. The second kappa shape index (κ2) is 7.88.